The molecule has 2 aromatic rings. The number of hydrogen-bond donors (Lipinski definition) is 2. The van der Waals surface area contributed by atoms with Gasteiger partial charge in [0.05, 0.1) is 19.0 Å². The molecule has 8 nitrogen and oxygen atoms in total. The molecule has 1 aromatic heterocycles. The third-order valence-corrected chi connectivity index (χ3v) is 4.74. The van der Waals surface area contributed by atoms with Gasteiger partial charge in [0.2, 0.25) is 5.88 Å². The van der Waals surface area contributed by atoms with E-state index in [1.165, 1.54) is 38.4 Å². The number of aliphatic imine (C=N–C) groups is 1. The van der Waals surface area contributed by atoms with E-state index in [0.717, 1.165) is 6.07 Å². The molecule has 0 saturated heterocycles. The van der Waals surface area contributed by atoms with Gasteiger partial charge in [-0.1, -0.05) is 0 Å². The number of nitrogens with one attached hydrogen (secondary N) is 1. The van der Waals surface area contributed by atoms with Crippen LogP contribution < -0.4 is 15.8 Å². The first kappa shape index (κ1) is 20.4. The fourth-order valence-electron chi connectivity index (χ4n) is 2.89. The molecular weight excluding hydrogens is 384 g/mol. The second-order valence-corrected chi connectivity index (χ2v) is 6.83. The first-order valence-corrected chi connectivity index (χ1v) is 8.89. The van der Waals surface area contributed by atoms with Crippen LogP contribution in [0, 0.1) is 5.82 Å². The summed E-state index contributed by atoms with van der Waals surface area (Å²) >= 11 is 0. The molecule has 1 aliphatic rings. The second-order valence-electron chi connectivity index (χ2n) is 6.83. The number of carbonyl (C=O) groups excluding carboxylic acids is 1. The zero-order valence-electron chi connectivity index (χ0n) is 16.2. The fourth-order valence-corrected chi connectivity index (χ4v) is 2.89. The van der Waals surface area contributed by atoms with Crippen LogP contribution in [-0.2, 0) is 10.3 Å². The van der Waals surface area contributed by atoms with Crippen molar-refractivity contribution in [2.24, 2.45) is 10.7 Å². The van der Waals surface area contributed by atoms with Gasteiger partial charge in [-0.3, -0.25) is 4.79 Å². The summed E-state index contributed by atoms with van der Waals surface area (Å²) in [5, 5.41) is 2.59. The van der Waals surface area contributed by atoms with E-state index in [4.69, 9.17) is 15.2 Å². The Hall–Kier alpha value is -3.30. The smallest absolute Gasteiger partial charge is 0.283 e. The Balaban J connectivity index is 1.89. The van der Waals surface area contributed by atoms with Crippen molar-refractivity contribution in [3.63, 3.8) is 0 Å². The number of amidine groups is 1. The maximum Gasteiger partial charge on any atom is 0.283 e. The number of amides is 1. The number of halogens is 2. The molecule has 1 aromatic carbocycles. The summed E-state index contributed by atoms with van der Waals surface area (Å²) in [5.74, 6) is -0.965. The van der Waals surface area contributed by atoms with Crippen molar-refractivity contribution in [2.45, 2.75) is 32.0 Å². The minimum absolute atomic E-state index is 0.0363. The maximum atomic E-state index is 15.1. The number of hydrogen-bond acceptors (Lipinski definition) is 7. The summed E-state index contributed by atoms with van der Waals surface area (Å²) < 4.78 is 39.9. The Labute approximate surface area is 166 Å². The summed E-state index contributed by atoms with van der Waals surface area (Å²) in [4.78, 5) is 24.4. The van der Waals surface area contributed by atoms with E-state index in [9.17, 15) is 9.18 Å². The average Bonchev–Trinajstić information content (AvgIpc) is 2.67. The van der Waals surface area contributed by atoms with Crippen LogP contribution in [0.15, 0.2) is 35.6 Å². The van der Waals surface area contributed by atoms with Gasteiger partial charge in [0.1, 0.15) is 23.7 Å². The molecule has 2 heterocycles. The largest absolute Gasteiger partial charge is 0.477 e. The summed E-state index contributed by atoms with van der Waals surface area (Å²) in [5.41, 5.74) is 2.13. The molecule has 0 fully saturated rings. The Morgan fingerprint density at radius 2 is 2.10 bits per heavy atom. The van der Waals surface area contributed by atoms with Crippen molar-refractivity contribution in [3.8, 4) is 5.88 Å². The third kappa shape index (κ3) is 3.96. The lowest BCUT2D eigenvalue weighted by Gasteiger charge is -2.40. The lowest BCUT2D eigenvalue weighted by atomic mass is 9.78. The Bertz CT molecular complexity index is 949. The summed E-state index contributed by atoms with van der Waals surface area (Å²) in [7, 11) is 0. The van der Waals surface area contributed by atoms with Crippen LogP contribution >= 0.6 is 0 Å². The molecule has 2 atom stereocenters. The standard InChI is InChI=1S/C19H21F2N5O3/c1-4-28-15-9-23-14(8-24-15)16(27)25-11-5-6-13(20)12(7-11)19(3)18(2,21)10-29-17(22)26-19/h5-9H,4,10H2,1-3H3,(H2,22,26)(H,25,27)/t18-,19+/m0/s1. The van der Waals surface area contributed by atoms with Crippen molar-refractivity contribution in [1.29, 1.82) is 0 Å². The van der Waals surface area contributed by atoms with Crippen molar-refractivity contribution in [1.82, 2.24) is 9.97 Å². The van der Waals surface area contributed by atoms with Crippen LogP contribution in [0.3, 0.4) is 0 Å². The van der Waals surface area contributed by atoms with Crippen LogP contribution in [0.4, 0.5) is 14.5 Å². The quantitative estimate of drug-likeness (QED) is 0.791. The van der Waals surface area contributed by atoms with Gasteiger partial charge in [0.15, 0.2) is 5.67 Å². The predicted molar refractivity (Wildman–Crippen MR) is 102 cm³/mol. The molecule has 1 amide bonds. The number of rotatable bonds is 5. The molecule has 0 spiro atoms. The molecule has 0 saturated carbocycles. The van der Waals surface area contributed by atoms with Crippen molar-refractivity contribution in [3.05, 3.63) is 47.7 Å². The minimum atomic E-state index is -2.03. The molecule has 0 bridgehead atoms. The number of alkyl halides is 1. The highest BCUT2D eigenvalue weighted by atomic mass is 19.1. The highest BCUT2D eigenvalue weighted by Gasteiger charge is 2.52. The fraction of sp³-hybridized carbons (Fsp3) is 0.368. The molecule has 3 rings (SSSR count). The summed E-state index contributed by atoms with van der Waals surface area (Å²) in [6, 6.07) is 3.55. The lowest BCUT2D eigenvalue weighted by Crippen LogP contribution is -2.52. The molecule has 10 heteroatoms. The summed E-state index contributed by atoms with van der Waals surface area (Å²) in [6.45, 7) is 4.51. The van der Waals surface area contributed by atoms with Gasteiger partial charge in [-0.25, -0.2) is 23.7 Å². The highest BCUT2D eigenvalue weighted by Crippen LogP contribution is 2.43. The monoisotopic (exact) mass is 405 g/mol. The van der Waals surface area contributed by atoms with Gasteiger partial charge in [-0.05, 0) is 39.0 Å². The number of aromatic nitrogens is 2. The molecular formula is C19H21F2N5O3. The normalized spacial score (nSPS) is 23.7. The zero-order valence-corrected chi connectivity index (χ0v) is 16.2. The topological polar surface area (TPSA) is 112 Å². The highest BCUT2D eigenvalue weighted by molar-refractivity contribution is 6.02. The van der Waals surface area contributed by atoms with Gasteiger partial charge >= 0.3 is 0 Å². The molecule has 0 unspecified atom stereocenters. The van der Waals surface area contributed by atoms with E-state index < -0.39 is 22.9 Å². The molecule has 0 aliphatic carbocycles. The maximum absolute atomic E-state index is 15.1. The van der Waals surface area contributed by atoms with Gasteiger partial charge in [0, 0.05) is 11.3 Å². The van der Waals surface area contributed by atoms with E-state index in [0.29, 0.717) is 12.5 Å². The van der Waals surface area contributed by atoms with Gasteiger partial charge in [-0.2, -0.15) is 0 Å². The predicted octanol–water partition coefficient (Wildman–Crippen LogP) is 2.56. The van der Waals surface area contributed by atoms with Crippen molar-refractivity contribution >= 4 is 17.6 Å². The van der Waals surface area contributed by atoms with E-state index in [2.05, 4.69) is 20.3 Å². The van der Waals surface area contributed by atoms with Gasteiger partial charge in [-0.15, -0.1) is 0 Å². The third-order valence-electron chi connectivity index (χ3n) is 4.74. The first-order chi connectivity index (χ1) is 13.7. The van der Waals surface area contributed by atoms with Crippen LogP contribution in [-0.4, -0.2) is 40.8 Å². The van der Waals surface area contributed by atoms with Crippen LogP contribution in [0.5, 0.6) is 5.88 Å². The SMILES string of the molecule is CCOc1cnc(C(=O)Nc2ccc(F)c([C@@]3(C)N=C(N)OC[C@]3(C)F)c2)cn1. The molecule has 1 aliphatic heterocycles. The number of nitrogens with two attached hydrogens (primary N) is 1. The van der Waals surface area contributed by atoms with E-state index in [-0.39, 0.29) is 29.6 Å². The number of benzene rings is 1. The van der Waals surface area contributed by atoms with Crippen LogP contribution in [0.2, 0.25) is 0 Å². The van der Waals surface area contributed by atoms with Gasteiger partial charge in [0.25, 0.3) is 11.9 Å². The molecule has 154 valence electrons. The first-order valence-electron chi connectivity index (χ1n) is 8.89. The molecule has 3 N–H and O–H groups in total. The van der Waals surface area contributed by atoms with E-state index in [1.807, 2.05) is 0 Å². The lowest BCUT2D eigenvalue weighted by molar-refractivity contribution is 0.00403. The van der Waals surface area contributed by atoms with E-state index >= 15 is 4.39 Å². The number of anilines is 1. The number of carbonyl (C=O) groups is 1. The summed E-state index contributed by atoms with van der Waals surface area (Å²) in [6.07, 6.45) is 2.58. The van der Waals surface area contributed by atoms with Crippen LogP contribution in [0.25, 0.3) is 0 Å². The average molecular weight is 405 g/mol. The van der Waals surface area contributed by atoms with Gasteiger partial charge < -0.3 is 20.5 Å². The molecule has 29 heavy (non-hydrogen) atoms. The Morgan fingerprint density at radius 3 is 2.76 bits per heavy atom. The van der Waals surface area contributed by atoms with Crippen molar-refractivity contribution < 1.29 is 23.0 Å². The minimum Gasteiger partial charge on any atom is -0.477 e. The Morgan fingerprint density at radius 1 is 1.34 bits per heavy atom. The zero-order chi connectivity index (χ0) is 21.2. The number of ether oxygens (including phenoxy) is 2. The van der Waals surface area contributed by atoms with Crippen molar-refractivity contribution in [2.75, 3.05) is 18.5 Å². The Kier molecular flexibility index (Phi) is 5.36. The molecule has 0 radical (unpaired) electrons. The number of nitrogens with zero attached hydrogens (tertiary/aromatic N) is 3. The van der Waals surface area contributed by atoms with E-state index in [1.54, 1.807) is 6.92 Å². The second kappa shape index (κ2) is 7.61. The van der Waals surface area contributed by atoms with Crippen LogP contribution in [0.1, 0.15) is 36.8 Å².